The first-order valence-electron chi connectivity index (χ1n) is 5.37. The standard InChI is InChI=1S/C12H16N2O4/c1-8-3-9(2)5-10(4-8)17-7-12(16)14-18-6-11(13)15/h3-5H,6-7H2,1-2H3,(H2,13,15)(H,14,16). The van der Waals surface area contributed by atoms with Crippen molar-refractivity contribution in [1.29, 1.82) is 0 Å². The molecule has 0 saturated heterocycles. The van der Waals surface area contributed by atoms with Gasteiger partial charge in [-0.3, -0.25) is 14.4 Å². The number of carbonyl (C=O) groups excluding carboxylic acids is 2. The van der Waals surface area contributed by atoms with Crippen LogP contribution < -0.4 is 16.0 Å². The van der Waals surface area contributed by atoms with Crippen LogP contribution >= 0.6 is 0 Å². The van der Waals surface area contributed by atoms with Crippen LogP contribution in [0.3, 0.4) is 0 Å². The second kappa shape index (κ2) is 6.61. The Hall–Kier alpha value is -2.08. The average molecular weight is 252 g/mol. The maximum atomic E-state index is 11.3. The minimum absolute atomic E-state index is 0.193. The molecule has 98 valence electrons. The van der Waals surface area contributed by atoms with Crippen LogP contribution in [0.2, 0.25) is 0 Å². The molecule has 0 aliphatic heterocycles. The molecule has 0 aliphatic carbocycles. The number of nitrogens with one attached hydrogen (secondary N) is 1. The van der Waals surface area contributed by atoms with Crippen LogP contribution in [0, 0.1) is 13.8 Å². The van der Waals surface area contributed by atoms with E-state index in [0.717, 1.165) is 11.1 Å². The van der Waals surface area contributed by atoms with Crippen molar-refractivity contribution in [2.24, 2.45) is 5.73 Å². The molecule has 0 radical (unpaired) electrons. The Morgan fingerprint density at radius 1 is 1.17 bits per heavy atom. The van der Waals surface area contributed by atoms with E-state index in [9.17, 15) is 9.59 Å². The quantitative estimate of drug-likeness (QED) is 0.708. The Bertz CT molecular complexity index is 425. The van der Waals surface area contributed by atoms with Crippen molar-refractivity contribution < 1.29 is 19.2 Å². The van der Waals surface area contributed by atoms with Crippen molar-refractivity contribution in [1.82, 2.24) is 5.48 Å². The lowest BCUT2D eigenvalue weighted by Gasteiger charge is -2.08. The van der Waals surface area contributed by atoms with Crippen LogP contribution in [0.5, 0.6) is 5.75 Å². The molecule has 18 heavy (non-hydrogen) atoms. The fraction of sp³-hybridized carbons (Fsp3) is 0.333. The lowest BCUT2D eigenvalue weighted by Crippen LogP contribution is -2.32. The molecule has 0 aromatic heterocycles. The second-order valence-electron chi connectivity index (χ2n) is 3.89. The van der Waals surface area contributed by atoms with Crippen LogP contribution in [0.1, 0.15) is 11.1 Å². The molecule has 0 saturated carbocycles. The number of primary amides is 1. The van der Waals surface area contributed by atoms with Crippen molar-refractivity contribution in [3.63, 3.8) is 0 Å². The molecule has 0 unspecified atom stereocenters. The molecule has 0 atom stereocenters. The summed E-state index contributed by atoms with van der Waals surface area (Å²) >= 11 is 0. The van der Waals surface area contributed by atoms with Gasteiger partial charge in [-0.15, -0.1) is 0 Å². The topological polar surface area (TPSA) is 90.7 Å². The van der Waals surface area contributed by atoms with E-state index in [1.165, 1.54) is 0 Å². The highest BCUT2D eigenvalue weighted by atomic mass is 16.7. The predicted molar refractivity (Wildman–Crippen MR) is 64.7 cm³/mol. The van der Waals surface area contributed by atoms with Gasteiger partial charge in [0.25, 0.3) is 5.91 Å². The maximum Gasteiger partial charge on any atom is 0.281 e. The van der Waals surface area contributed by atoms with Gasteiger partial charge in [-0.05, 0) is 37.1 Å². The molecule has 6 nitrogen and oxygen atoms in total. The molecule has 1 rings (SSSR count). The zero-order valence-electron chi connectivity index (χ0n) is 10.4. The molecule has 3 N–H and O–H groups in total. The van der Waals surface area contributed by atoms with E-state index < -0.39 is 11.8 Å². The number of hydrogen-bond acceptors (Lipinski definition) is 4. The normalized spacial score (nSPS) is 9.89. The van der Waals surface area contributed by atoms with Gasteiger partial charge in [0.05, 0.1) is 0 Å². The smallest absolute Gasteiger partial charge is 0.281 e. The molecule has 1 aromatic carbocycles. The first kappa shape index (κ1) is 14.0. The molecule has 1 aromatic rings. The lowest BCUT2D eigenvalue weighted by atomic mass is 10.1. The van der Waals surface area contributed by atoms with E-state index in [-0.39, 0.29) is 13.2 Å². The second-order valence-corrected chi connectivity index (χ2v) is 3.89. The summed E-state index contributed by atoms with van der Waals surface area (Å²) in [6.45, 7) is 3.32. The number of ether oxygens (including phenoxy) is 1. The number of nitrogens with two attached hydrogens (primary N) is 1. The van der Waals surface area contributed by atoms with Gasteiger partial charge in [-0.25, -0.2) is 5.48 Å². The SMILES string of the molecule is Cc1cc(C)cc(OCC(=O)NOCC(N)=O)c1. The highest BCUT2D eigenvalue weighted by molar-refractivity contribution is 5.77. The van der Waals surface area contributed by atoms with Crippen LogP contribution in [0.15, 0.2) is 18.2 Å². The summed E-state index contributed by atoms with van der Waals surface area (Å²) in [7, 11) is 0. The molecule has 0 heterocycles. The molecule has 0 aliphatic rings. The number of carbonyl (C=O) groups is 2. The van der Waals surface area contributed by atoms with Gasteiger partial charge in [0.2, 0.25) is 5.91 Å². The summed E-state index contributed by atoms with van der Waals surface area (Å²) in [6.07, 6.45) is 0. The highest BCUT2D eigenvalue weighted by Gasteiger charge is 2.04. The Balaban J connectivity index is 2.35. The van der Waals surface area contributed by atoms with Gasteiger partial charge in [0.1, 0.15) is 5.75 Å². The van der Waals surface area contributed by atoms with Gasteiger partial charge in [0.15, 0.2) is 13.2 Å². The van der Waals surface area contributed by atoms with Crippen molar-refractivity contribution in [2.45, 2.75) is 13.8 Å². The van der Waals surface area contributed by atoms with Crippen LogP contribution in [-0.2, 0) is 14.4 Å². The highest BCUT2D eigenvalue weighted by Crippen LogP contribution is 2.15. The van der Waals surface area contributed by atoms with Gasteiger partial charge >= 0.3 is 0 Å². The number of hydrogen-bond donors (Lipinski definition) is 2. The van der Waals surface area contributed by atoms with Gasteiger partial charge in [0, 0.05) is 0 Å². The fourth-order valence-electron chi connectivity index (χ4n) is 1.38. The number of benzene rings is 1. The molecule has 2 amide bonds. The molecule has 6 heteroatoms. The molecule has 0 fully saturated rings. The van der Waals surface area contributed by atoms with Gasteiger partial charge < -0.3 is 10.5 Å². The first-order valence-corrected chi connectivity index (χ1v) is 5.37. The third kappa shape index (κ3) is 5.31. The van der Waals surface area contributed by atoms with Gasteiger partial charge in [-0.1, -0.05) is 6.07 Å². The summed E-state index contributed by atoms with van der Waals surface area (Å²) in [5, 5.41) is 0. The Morgan fingerprint density at radius 2 is 1.78 bits per heavy atom. The van der Waals surface area contributed by atoms with Crippen LogP contribution in [-0.4, -0.2) is 25.0 Å². The number of rotatable bonds is 6. The van der Waals surface area contributed by atoms with Crippen LogP contribution in [0.25, 0.3) is 0 Å². The third-order valence-corrected chi connectivity index (χ3v) is 1.97. The zero-order valence-corrected chi connectivity index (χ0v) is 10.4. The largest absolute Gasteiger partial charge is 0.484 e. The monoisotopic (exact) mass is 252 g/mol. The van der Waals surface area contributed by atoms with Gasteiger partial charge in [-0.2, -0.15) is 0 Å². The van der Waals surface area contributed by atoms with E-state index >= 15 is 0 Å². The number of amides is 2. The summed E-state index contributed by atoms with van der Waals surface area (Å²) in [5.74, 6) is -0.543. The Kier molecular flexibility index (Phi) is 5.13. The first-order chi connectivity index (χ1) is 8.47. The average Bonchev–Trinajstić information content (AvgIpc) is 2.24. The molecule has 0 spiro atoms. The van der Waals surface area contributed by atoms with E-state index in [0.29, 0.717) is 5.75 Å². The minimum atomic E-state index is -0.662. The summed E-state index contributed by atoms with van der Waals surface area (Å²) in [5.41, 5.74) is 8.98. The summed E-state index contributed by atoms with van der Waals surface area (Å²) in [6, 6.07) is 5.65. The summed E-state index contributed by atoms with van der Waals surface area (Å²) in [4.78, 5) is 26.1. The number of aryl methyl sites for hydroxylation is 2. The van der Waals surface area contributed by atoms with E-state index in [1.54, 1.807) is 0 Å². The van der Waals surface area contributed by atoms with Crippen molar-refractivity contribution in [3.8, 4) is 5.75 Å². The molecular weight excluding hydrogens is 236 g/mol. The number of hydroxylamine groups is 1. The minimum Gasteiger partial charge on any atom is -0.484 e. The third-order valence-electron chi connectivity index (χ3n) is 1.97. The van der Waals surface area contributed by atoms with Crippen molar-refractivity contribution >= 4 is 11.8 Å². The Morgan fingerprint density at radius 3 is 2.33 bits per heavy atom. The van der Waals surface area contributed by atoms with E-state index in [1.807, 2.05) is 37.5 Å². The van der Waals surface area contributed by atoms with Crippen LogP contribution in [0.4, 0.5) is 0 Å². The maximum absolute atomic E-state index is 11.3. The van der Waals surface area contributed by atoms with Crippen molar-refractivity contribution in [2.75, 3.05) is 13.2 Å². The fourth-order valence-corrected chi connectivity index (χ4v) is 1.38. The summed E-state index contributed by atoms with van der Waals surface area (Å²) < 4.78 is 5.28. The lowest BCUT2D eigenvalue weighted by molar-refractivity contribution is -0.139. The Labute approximate surface area is 105 Å². The van der Waals surface area contributed by atoms with E-state index in [2.05, 4.69) is 4.84 Å². The zero-order chi connectivity index (χ0) is 13.5. The molecule has 0 bridgehead atoms. The predicted octanol–water partition coefficient (Wildman–Crippen LogP) is 0.215. The molecular formula is C12H16N2O4. The van der Waals surface area contributed by atoms with E-state index in [4.69, 9.17) is 10.5 Å². The van der Waals surface area contributed by atoms with Crippen molar-refractivity contribution in [3.05, 3.63) is 29.3 Å².